The third kappa shape index (κ3) is 2.26. The molecule has 1 rings (SSSR count). The molecule has 0 aliphatic carbocycles. The second kappa shape index (κ2) is 4.66. The summed E-state index contributed by atoms with van der Waals surface area (Å²) in [6, 6.07) is 5.84. The maximum Gasteiger partial charge on any atom is 0.249 e. The van der Waals surface area contributed by atoms with Gasteiger partial charge < -0.3 is 9.58 Å². The summed E-state index contributed by atoms with van der Waals surface area (Å²) in [4.78, 5) is 3.51. The van der Waals surface area contributed by atoms with Gasteiger partial charge >= 0.3 is 0 Å². The Bertz CT molecular complexity index is 352. The number of aryl methyl sites for hydroxylation is 1. The maximum absolute atomic E-state index is 7.01. The van der Waals surface area contributed by atoms with Gasteiger partial charge in [0.25, 0.3) is 0 Å². The second-order valence-corrected chi connectivity index (χ2v) is 3.28. The molecule has 1 aromatic carbocycles. The minimum absolute atomic E-state index is 0.128. The third-order valence-corrected chi connectivity index (χ3v) is 2.11. The molecule has 0 aliphatic heterocycles. The average molecular weight is 189 g/mol. The number of hydrogen-bond donors (Lipinski definition) is 0. The van der Waals surface area contributed by atoms with Crippen molar-refractivity contribution in [1.82, 2.24) is 0 Å². The van der Waals surface area contributed by atoms with Crippen molar-refractivity contribution in [3.63, 3.8) is 0 Å². The minimum Gasteiger partial charge on any atom is -0.493 e. The molecular formula is C12H15NO. The molecule has 14 heavy (non-hydrogen) atoms. The Morgan fingerprint density at radius 1 is 1.50 bits per heavy atom. The zero-order chi connectivity index (χ0) is 10.6. The number of nitrogens with zero attached hydrogens (tertiary/aromatic N) is 1. The Morgan fingerprint density at radius 2 is 2.21 bits per heavy atom. The second-order valence-electron chi connectivity index (χ2n) is 3.28. The predicted octanol–water partition coefficient (Wildman–Crippen LogP) is 3.37. The number of hydrogen-bond acceptors (Lipinski definition) is 1. The Kier molecular flexibility index (Phi) is 3.53. The number of rotatable bonds is 3. The highest BCUT2D eigenvalue weighted by molar-refractivity contribution is 5.40. The van der Waals surface area contributed by atoms with E-state index in [0.717, 1.165) is 11.3 Å². The van der Waals surface area contributed by atoms with Crippen LogP contribution >= 0.6 is 0 Å². The molecule has 2 nitrogen and oxygen atoms in total. The molecule has 1 aromatic rings. The molecule has 0 bridgehead atoms. The molecule has 0 radical (unpaired) electrons. The van der Waals surface area contributed by atoms with Crippen molar-refractivity contribution in [2.24, 2.45) is 0 Å². The van der Waals surface area contributed by atoms with Gasteiger partial charge in [-0.2, -0.15) is 0 Å². The number of ether oxygens (including phenoxy) is 1. The highest BCUT2D eigenvalue weighted by Gasteiger charge is 2.14. The van der Waals surface area contributed by atoms with Crippen molar-refractivity contribution < 1.29 is 4.74 Å². The quantitative estimate of drug-likeness (QED) is 0.664. The largest absolute Gasteiger partial charge is 0.493 e. The molecule has 2 heteroatoms. The van der Waals surface area contributed by atoms with Crippen LogP contribution in [0.4, 0.5) is 0 Å². The topological polar surface area (TPSA) is 13.6 Å². The zero-order valence-electron chi connectivity index (χ0n) is 8.87. The van der Waals surface area contributed by atoms with Crippen LogP contribution in [-0.4, -0.2) is 6.61 Å². The molecule has 0 saturated heterocycles. The van der Waals surface area contributed by atoms with E-state index >= 15 is 0 Å². The van der Waals surface area contributed by atoms with E-state index in [1.54, 1.807) is 0 Å². The van der Waals surface area contributed by atoms with Gasteiger partial charge in [0.2, 0.25) is 6.04 Å². The van der Waals surface area contributed by atoms with Gasteiger partial charge in [0, 0.05) is 6.92 Å². The van der Waals surface area contributed by atoms with Gasteiger partial charge in [0.05, 0.1) is 12.2 Å². The molecule has 0 aliphatic rings. The van der Waals surface area contributed by atoms with Crippen LogP contribution in [0, 0.1) is 13.5 Å². The van der Waals surface area contributed by atoms with Gasteiger partial charge in [-0.05, 0) is 26.0 Å². The summed E-state index contributed by atoms with van der Waals surface area (Å²) >= 11 is 0. The first kappa shape index (κ1) is 10.6. The molecule has 0 aromatic heterocycles. The first-order chi connectivity index (χ1) is 6.69. The lowest BCUT2D eigenvalue weighted by molar-refractivity contribution is 0.336. The molecule has 0 saturated carbocycles. The first-order valence-electron chi connectivity index (χ1n) is 4.79. The van der Waals surface area contributed by atoms with E-state index in [4.69, 9.17) is 11.3 Å². The van der Waals surface area contributed by atoms with E-state index in [1.165, 1.54) is 5.56 Å². The van der Waals surface area contributed by atoms with Crippen LogP contribution in [0.5, 0.6) is 5.75 Å². The Labute approximate surface area is 85.3 Å². The summed E-state index contributed by atoms with van der Waals surface area (Å²) in [5.41, 5.74) is 2.15. The summed E-state index contributed by atoms with van der Waals surface area (Å²) in [7, 11) is 0. The van der Waals surface area contributed by atoms with E-state index < -0.39 is 0 Å². The lowest BCUT2D eigenvalue weighted by Gasteiger charge is -2.09. The predicted molar refractivity (Wildman–Crippen MR) is 57.4 cm³/mol. The molecule has 0 fully saturated rings. The highest BCUT2D eigenvalue weighted by Crippen LogP contribution is 2.28. The van der Waals surface area contributed by atoms with E-state index in [-0.39, 0.29) is 6.04 Å². The number of benzene rings is 1. The first-order valence-corrected chi connectivity index (χ1v) is 4.79. The van der Waals surface area contributed by atoms with Crippen molar-refractivity contribution in [2.45, 2.75) is 26.8 Å². The monoisotopic (exact) mass is 189 g/mol. The standard InChI is InChI=1S/C12H15NO/c1-5-14-12-7-6-9(2)8-11(12)10(3)13-4/h6-8,10H,5H2,1-3H3. The normalized spacial score (nSPS) is 11.9. The van der Waals surface area contributed by atoms with Crippen LogP contribution in [-0.2, 0) is 0 Å². The highest BCUT2D eigenvalue weighted by atomic mass is 16.5. The molecule has 1 unspecified atom stereocenters. The molecule has 74 valence electrons. The van der Waals surface area contributed by atoms with Crippen LogP contribution in [0.15, 0.2) is 18.2 Å². The van der Waals surface area contributed by atoms with Crippen molar-refractivity contribution in [1.29, 1.82) is 0 Å². The van der Waals surface area contributed by atoms with E-state index in [2.05, 4.69) is 4.85 Å². The van der Waals surface area contributed by atoms with Crippen molar-refractivity contribution in [3.8, 4) is 5.75 Å². The average Bonchev–Trinajstić information content (AvgIpc) is 2.20. The smallest absolute Gasteiger partial charge is 0.249 e. The van der Waals surface area contributed by atoms with Crippen molar-refractivity contribution >= 4 is 0 Å². The van der Waals surface area contributed by atoms with Crippen LogP contribution < -0.4 is 4.74 Å². The summed E-state index contributed by atoms with van der Waals surface area (Å²) < 4.78 is 5.47. The van der Waals surface area contributed by atoms with Gasteiger partial charge in [-0.15, -0.1) is 0 Å². The van der Waals surface area contributed by atoms with Crippen LogP contribution in [0.2, 0.25) is 0 Å². The fraction of sp³-hybridized carbons (Fsp3) is 0.417. The van der Waals surface area contributed by atoms with Crippen molar-refractivity contribution in [2.75, 3.05) is 6.61 Å². The van der Waals surface area contributed by atoms with Crippen molar-refractivity contribution in [3.05, 3.63) is 40.7 Å². The molecule has 0 amide bonds. The van der Waals surface area contributed by atoms with Crippen LogP contribution in [0.3, 0.4) is 0 Å². The minimum atomic E-state index is -0.128. The van der Waals surface area contributed by atoms with Gasteiger partial charge in [-0.3, -0.25) is 0 Å². The van der Waals surface area contributed by atoms with Gasteiger partial charge in [-0.1, -0.05) is 11.6 Å². The maximum atomic E-state index is 7.01. The Balaban J connectivity index is 3.10. The SMILES string of the molecule is [C-]#[N+]C(C)c1cc(C)ccc1OCC. The van der Waals surface area contributed by atoms with Gasteiger partial charge in [0.1, 0.15) is 5.75 Å². The zero-order valence-corrected chi connectivity index (χ0v) is 8.87. The molecule has 0 heterocycles. The summed E-state index contributed by atoms with van der Waals surface area (Å²) in [6.07, 6.45) is 0. The van der Waals surface area contributed by atoms with E-state index in [0.29, 0.717) is 6.61 Å². The summed E-state index contributed by atoms with van der Waals surface area (Å²) in [5, 5.41) is 0. The molecule has 0 N–H and O–H groups in total. The van der Waals surface area contributed by atoms with Crippen LogP contribution in [0.1, 0.15) is 31.0 Å². The lowest BCUT2D eigenvalue weighted by atomic mass is 10.1. The Hall–Kier alpha value is -1.49. The fourth-order valence-electron chi connectivity index (χ4n) is 1.35. The van der Waals surface area contributed by atoms with E-state index in [1.807, 2.05) is 39.0 Å². The van der Waals surface area contributed by atoms with E-state index in [9.17, 15) is 0 Å². The lowest BCUT2D eigenvalue weighted by Crippen LogP contribution is -1.98. The fourth-order valence-corrected chi connectivity index (χ4v) is 1.35. The molecule has 0 spiro atoms. The summed E-state index contributed by atoms with van der Waals surface area (Å²) in [6.45, 7) is 13.5. The summed E-state index contributed by atoms with van der Waals surface area (Å²) in [5.74, 6) is 0.835. The molecular weight excluding hydrogens is 174 g/mol. The van der Waals surface area contributed by atoms with Gasteiger partial charge in [0.15, 0.2) is 0 Å². The Morgan fingerprint density at radius 3 is 2.79 bits per heavy atom. The third-order valence-electron chi connectivity index (χ3n) is 2.11. The van der Waals surface area contributed by atoms with Crippen LogP contribution in [0.25, 0.3) is 4.85 Å². The van der Waals surface area contributed by atoms with Gasteiger partial charge in [-0.25, -0.2) is 6.57 Å². The molecule has 1 atom stereocenters.